The molecule has 1 unspecified atom stereocenters. The highest BCUT2D eigenvalue weighted by Gasteiger charge is 2.17. The zero-order valence-corrected chi connectivity index (χ0v) is 11.9. The van der Waals surface area contributed by atoms with E-state index in [0.717, 1.165) is 31.6 Å². The molecule has 1 atom stereocenters. The third-order valence-corrected chi connectivity index (χ3v) is 3.63. The van der Waals surface area contributed by atoms with E-state index in [-0.39, 0.29) is 12.3 Å². The van der Waals surface area contributed by atoms with Crippen LogP contribution in [-0.4, -0.2) is 28.8 Å². The maximum absolute atomic E-state index is 13.1. The van der Waals surface area contributed by atoms with Gasteiger partial charge in [0.2, 0.25) is 5.91 Å². The summed E-state index contributed by atoms with van der Waals surface area (Å²) in [6.07, 6.45) is 2.80. The molecule has 0 spiro atoms. The van der Waals surface area contributed by atoms with E-state index in [1.54, 1.807) is 6.07 Å². The Labute approximate surface area is 126 Å². The molecule has 1 amide bonds. The Kier molecular flexibility index (Phi) is 4.15. The first-order valence-corrected chi connectivity index (χ1v) is 7.11. The monoisotopic (exact) mass is 306 g/mol. The van der Waals surface area contributed by atoms with Crippen LogP contribution in [0.3, 0.4) is 0 Å². The molecule has 3 rings (SSSR count). The topological polar surface area (TPSA) is 59.0 Å². The Bertz CT molecular complexity index is 680. The van der Waals surface area contributed by atoms with Crippen LogP contribution in [0.1, 0.15) is 18.0 Å². The van der Waals surface area contributed by atoms with E-state index in [4.69, 9.17) is 0 Å². The molecule has 1 aromatic carbocycles. The molecule has 1 aromatic heterocycles. The summed E-state index contributed by atoms with van der Waals surface area (Å²) in [5.74, 6) is -1.74. The van der Waals surface area contributed by atoms with Gasteiger partial charge in [-0.25, -0.2) is 8.78 Å². The molecule has 1 aliphatic rings. The third kappa shape index (κ3) is 3.30. The molecule has 0 bridgehead atoms. The highest BCUT2D eigenvalue weighted by atomic mass is 19.2. The number of anilines is 1. The van der Waals surface area contributed by atoms with Crippen LogP contribution in [0, 0.1) is 11.6 Å². The number of nitrogens with one attached hydrogen (secondary N) is 2. The Morgan fingerprint density at radius 1 is 1.36 bits per heavy atom. The predicted molar refractivity (Wildman–Crippen MR) is 77.4 cm³/mol. The number of nitrogens with zero attached hydrogens (tertiary/aromatic N) is 2. The Morgan fingerprint density at radius 2 is 2.23 bits per heavy atom. The lowest BCUT2D eigenvalue weighted by atomic mass is 10.1. The standard InChI is InChI=1S/C15H16F2N4O/c16-12-2-1-10(7-13(12)17)8-15(22)19-14-4-6-21(20-14)11-3-5-18-9-11/h1-2,4,6-7,11,18H,3,5,8-9H2,(H,19,20,22). The Morgan fingerprint density at radius 3 is 2.95 bits per heavy atom. The summed E-state index contributed by atoms with van der Waals surface area (Å²) in [6, 6.07) is 5.46. The minimum atomic E-state index is -0.955. The van der Waals surface area contributed by atoms with Gasteiger partial charge in [-0.1, -0.05) is 6.07 Å². The smallest absolute Gasteiger partial charge is 0.229 e. The van der Waals surface area contributed by atoms with Crippen molar-refractivity contribution in [1.29, 1.82) is 0 Å². The summed E-state index contributed by atoms with van der Waals surface area (Å²) in [7, 11) is 0. The molecular formula is C15H16F2N4O. The van der Waals surface area contributed by atoms with Crippen molar-refractivity contribution in [3.05, 3.63) is 47.7 Å². The number of hydrogen-bond acceptors (Lipinski definition) is 3. The minimum Gasteiger partial charge on any atom is -0.315 e. The number of rotatable bonds is 4. The first-order chi connectivity index (χ1) is 10.6. The number of halogens is 2. The van der Waals surface area contributed by atoms with Crippen LogP contribution in [0.15, 0.2) is 30.5 Å². The summed E-state index contributed by atoms with van der Waals surface area (Å²) in [6.45, 7) is 1.83. The summed E-state index contributed by atoms with van der Waals surface area (Å²) < 4.78 is 27.8. The van der Waals surface area contributed by atoms with Gasteiger partial charge in [0.1, 0.15) is 0 Å². The second-order valence-electron chi connectivity index (χ2n) is 5.30. The number of hydrogen-bond donors (Lipinski definition) is 2. The van der Waals surface area contributed by atoms with Crippen LogP contribution in [0.5, 0.6) is 0 Å². The van der Waals surface area contributed by atoms with Gasteiger partial charge in [0.05, 0.1) is 12.5 Å². The van der Waals surface area contributed by atoms with Crippen LogP contribution in [0.2, 0.25) is 0 Å². The zero-order chi connectivity index (χ0) is 15.5. The van der Waals surface area contributed by atoms with Crippen LogP contribution in [0.25, 0.3) is 0 Å². The van der Waals surface area contributed by atoms with E-state index in [9.17, 15) is 13.6 Å². The second-order valence-corrected chi connectivity index (χ2v) is 5.30. The van der Waals surface area contributed by atoms with Crippen molar-refractivity contribution in [3.63, 3.8) is 0 Å². The fourth-order valence-electron chi connectivity index (χ4n) is 2.50. The molecular weight excluding hydrogens is 290 g/mol. The fraction of sp³-hybridized carbons (Fsp3) is 0.333. The molecule has 1 aliphatic heterocycles. The fourth-order valence-corrected chi connectivity index (χ4v) is 2.50. The molecule has 22 heavy (non-hydrogen) atoms. The Hall–Kier alpha value is -2.28. The van der Waals surface area contributed by atoms with Crippen molar-refractivity contribution >= 4 is 11.7 Å². The molecule has 2 N–H and O–H groups in total. The maximum Gasteiger partial charge on any atom is 0.229 e. The van der Waals surface area contributed by atoms with E-state index in [0.29, 0.717) is 17.4 Å². The molecule has 1 saturated heterocycles. The van der Waals surface area contributed by atoms with Crippen molar-refractivity contribution in [3.8, 4) is 0 Å². The number of amides is 1. The molecule has 116 valence electrons. The van der Waals surface area contributed by atoms with E-state index < -0.39 is 11.6 Å². The minimum absolute atomic E-state index is 0.0327. The average Bonchev–Trinajstić information content (AvgIpc) is 3.13. The lowest BCUT2D eigenvalue weighted by Gasteiger charge is -2.08. The molecule has 7 heteroatoms. The van der Waals surface area contributed by atoms with Crippen LogP contribution in [0.4, 0.5) is 14.6 Å². The highest BCUT2D eigenvalue weighted by Crippen LogP contribution is 2.16. The van der Waals surface area contributed by atoms with Crippen molar-refractivity contribution in [2.24, 2.45) is 0 Å². The molecule has 0 radical (unpaired) electrons. The van der Waals surface area contributed by atoms with Crippen molar-refractivity contribution in [2.75, 3.05) is 18.4 Å². The summed E-state index contributed by atoms with van der Waals surface area (Å²) >= 11 is 0. The maximum atomic E-state index is 13.1. The molecule has 5 nitrogen and oxygen atoms in total. The van der Waals surface area contributed by atoms with Gasteiger partial charge in [-0.05, 0) is 30.7 Å². The molecule has 2 heterocycles. The number of carbonyl (C=O) groups is 1. The molecule has 2 aromatic rings. The van der Waals surface area contributed by atoms with E-state index in [1.165, 1.54) is 6.07 Å². The molecule has 0 saturated carbocycles. The van der Waals surface area contributed by atoms with Gasteiger partial charge < -0.3 is 10.6 Å². The van der Waals surface area contributed by atoms with Gasteiger partial charge in [0.15, 0.2) is 17.5 Å². The molecule has 1 fully saturated rings. The first-order valence-electron chi connectivity index (χ1n) is 7.11. The SMILES string of the molecule is O=C(Cc1ccc(F)c(F)c1)Nc1ccn(C2CCNC2)n1. The highest BCUT2D eigenvalue weighted by molar-refractivity contribution is 5.91. The van der Waals surface area contributed by atoms with Gasteiger partial charge in [0.25, 0.3) is 0 Å². The quantitative estimate of drug-likeness (QED) is 0.907. The van der Waals surface area contributed by atoms with Gasteiger partial charge >= 0.3 is 0 Å². The number of benzene rings is 1. The number of aromatic nitrogens is 2. The Balaban J connectivity index is 1.60. The number of carbonyl (C=O) groups excluding carboxylic acids is 1. The lowest BCUT2D eigenvalue weighted by molar-refractivity contribution is -0.115. The van der Waals surface area contributed by atoms with Crippen LogP contribution >= 0.6 is 0 Å². The van der Waals surface area contributed by atoms with Gasteiger partial charge in [-0.3, -0.25) is 9.48 Å². The first kappa shape index (κ1) is 14.6. The van der Waals surface area contributed by atoms with E-state index in [1.807, 2.05) is 10.9 Å². The van der Waals surface area contributed by atoms with Crippen LogP contribution in [-0.2, 0) is 11.2 Å². The van der Waals surface area contributed by atoms with Gasteiger partial charge in [-0.15, -0.1) is 0 Å². The third-order valence-electron chi connectivity index (χ3n) is 3.63. The van der Waals surface area contributed by atoms with Crippen LogP contribution < -0.4 is 10.6 Å². The summed E-state index contributed by atoms with van der Waals surface area (Å²) in [5, 5.41) is 10.2. The van der Waals surface area contributed by atoms with E-state index >= 15 is 0 Å². The van der Waals surface area contributed by atoms with E-state index in [2.05, 4.69) is 15.7 Å². The largest absolute Gasteiger partial charge is 0.315 e. The normalized spacial score (nSPS) is 17.6. The predicted octanol–water partition coefficient (Wildman–Crippen LogP) is 1.88. The second kappa shape index (κ2) is 6.23. The zero-order valence-electron chi connectivity index (χ0n) is 11.9. The lowest BCUT2D eigenvalue weighted by Crippen LogP contribution is -2.17. The van der Waals surface area contributed by atoms with Crippen molar-refractivity contribution < 1.29 is 13.6 Å². The summed E-state index contributed by atoms with van der Waals surface area (Å²) in [5.41, 5.74) is 0.413. The van der Waals surface area contributed by atoms with Gasteiger partial charge in [0, 0.05) is 18.8 Å². The summed E-state index contributed by atoms with van der Waals surface area (Å²) in [4.78, 5) is 11.9. The van der Waals surface area contributed by atoms with Crippen molar-refractivity contribution in [1.82, 2.24) is 15.1 Å². The van der Waals surface area contributed by atoms with Gasteiger partial charge in [-0.2, -0.15) is 5.10 Å². The molecule has 0 aliphatic carbocycles. The average molecular weight is 306 g/mol. The van der Waals surface area contributed by atoms with Crippen molar-refractivity contribution in [2.45, 2.75) is 18.9 Å².